The number of benzene rings is 1. The van der Waals surface area contributed by atoms with Crippen LogP contribution in [0.4, 0.5) is 10.2 Å². The van der Waals surface area contributed by atoms with E-state index in [1.54, 1.807) is 18.3 Å². The molecule has 3 aromatic rings. The molecule has 1 unspecified atom stereocenters. The molecule has 10 heteroatoms. The molecule has 2 aliphatic rings. The largest absolute Gasteiger partial charge is 0.389 e. The van der Waals surface area contributed by atoms with E-state index in [9.17, 15) is 19.6 Å². The zero-order valence-electron chi connectivity index (χ0n) is 17.0. The Morgan fingerprint density at radius 1 is 1.31 bits per heavy atom. The average molecular weight is 434 g/mol. The number of amides is 1. The highest BCUT2D eigenvalue weighted by Crippen LogP contribution is 2.31. The molecule has 162 valence electrons. The van der Waals surface area contributed by atoms with E-state index in [1.165, 1.54) is 22.9 Å². The Labute approximate surface area is 182 Å². The standard InChI is InChI=1S/C22H19FN6O3/c23-15-3-1-2-13(9-24)20(15)16-8-18(21-17(26-16)10-25-22(21)31)29-5-4-19(27-29)28-6-7-32-12-14(30)11-28/h1-5,8,14,30H,6-7,10-12H2,(H,25,31). The Bertz CT molecular complexity index is 1250. The summed E-state index contributed by atoms with van der Waals surface area (Å²) in [4.78, 5) is 18.9. The molecule has 32 heavy (non-hydrogen) atoms. The van der Waals surface area contributed by atoms with Crippen molar-refractivity contribution in [2.24, 2.45) is 0 Å². The van der Waals surface area contributed by atoms with Gasteiger partial charge in [-0.3, -0.25) is 4.79 Å². The van der Waals surface area contributed by atoms with Gasteiger partial charge in [0.15, 0.2) is 5.82 Å². The van der Waals surface area contributed by atoms with Crippen molar-refractivity contribution in [2.75, 3.05) is 31.2 Å². The molecule has 1 aromatic carbocycles. The Kier molecular flexibility index (Phi) is 5.05. The van der Waals surface area contributed by atoms with Gasteiger partial charge in [-0.1, -0.05) is 6.07 Å². The van der Waals surface area contributed by atoms with Crippen LogP contribution in [0.2, 0.25) is 0 Å². The second kappa shape index (κ2) is 8.03. The van der Waals surface area contributed by atoms with Gasteiger partial charge >= 0.3 is 0 Å². The molecule has 1 saturated heterocycles. The molecule has 9 nitrogen and oxygen atoms in total. The van der Waals surface area contributed by atoms with Crippen molar-refractivity contribution in [3.8, 4) is 23.0 Å². The number of rotatable bonds is 3. The lowest BCUT2D eigenvalue weighted by atomic mass is 10.0. The van der Waals surface area contributed by atoms with Crippen molar-refractivity contribution < 1.29 is 19.0 Å². The van der Waals surface area contributed by atoms with E-state index in [4.69, 9.17) is 4.74 Å². The third-order valence-corrected chi connectivity index (χ3v) is 5.50. The van der Waals surface area contributed by atoms with Crippen LogP contribution in [-0.2, 0) is 11.3 Å². The number of nitrogens with zero attached hydrogens (tertiary/aromatic N) is 5. The number of hydrogen-bond acceptors (Lipinski definition) is 7. The summed E-state index contributed by atoms with van der Waals surface area (Å²) in [6.45, 7) is 1.87. The number of nitriles is 1. The highest BCUT2D eigenvalue weighted by atomic mass is 19.1. The van der Waals surface area contributed by atoms with Crippen LogP contribution in [0.25, 0.3) is 16.9 Å². The summed E-state index contributed by atoms with van der Waals surface area (Å²) in [6, 6.07) is 9.61. The molecule has 2 aromatic heterocycles. The van der Waals surface area contributed by atoms with Gasteiger partial charge in [-0.05, 0) is 18.2 Å². The van der Waals surface area contributed by atoms with Crippen LogP contribution in [0.5, 0.6) is 0 Å². The molecule has 0 aliphatic carbocycles. The number of hydrogen-bond donors (Lipinski definition) is 2. The predicted molar refractivity (Wildman–Crippen MR) is 112 cm³/mol. The molecule has 0 bridgehead atoms. The maximum Gasteiger partial charge on any atom is 0.255 e. The van der Waals surface area contributed by atoms with Crippen molar-refractivity contribution in [3.63, 3.8) is 0 Å². The molecule has 2 N–H and O–H groups in total. The first-order valence-electron chi connectivity index (χ1n) is 10.1. The Balaban J connectivity index is 1.62. The van der Waals surface area contributed by atoms with Gasteiger partial charge in [0.25, 0.3) is 5.91 Å². The number of nitrogens with one attached hydrogen (secondary N) is 1. The fourth-order valence-corrected chi connectivity index (χ4v) is 4.01. The molecule has 1 fully saturated rings. The van der Waals surface area contributed by atoms with E-state index in [1.807, 2.05) is 11.0 Å². The fraction of sp³-hybridized carbons (Fsp3) is 0.273. The minimum atomic E-state index is -0.629. The van der Waals surface area contributed by atoms with Crippen molar-refractivity contribution in [1.29, 1.82) is 5.26 Å². The molecule has 5 rings (SSSR count). The van der Waals surface area contributed by atoms with E-state index in [0.717, 1.165) is 0 Å². The van der Waals surface area contributed by atoms with Crippen molar-refractivity contribution in [1.82, 2.24) is 20.1 Å². The van der Waals surface area contributed by atoms with Crippen LogP contribution in [0.3, 0.4) is 0 Å². The van der Waals surface area contributed by atoms with Crippen LogP contribution in [0.15, 0.2) is 36.5 Å². The summed E-state index contributed by atoms with van der Waals surface area (Å²) in [7, 11) is 0. The number of halogens is 1. The number of ether oxygens (including phenoxy) is 1. The maximum atomic E-state index is 14.7. The SMILES string of the molecule is N#Cc1cccc(F)c1-c1cc(-n2ccc(N3CCOCC(O)C3)n2)c2c(n1)CNC2=O. The smallest absolute Gasteiger partial charge is 0.255 e. The molecular formula is C22H19FN6O3. The van der Waals surface area contributed by atoms with Gasteiger partial charge in [-0.2, -0.15) is 10.4 Å². The van der Waals surface area contributed by atoms with Gasteiger partial charge in [0.1, 0.15) is 5.82 Å². The number of aliphatic hydroxyl groups excluding tert-OH is 1. The van der Waals surface area contributed by atoms with Crippen LogP contribution in [-0.4, -0.2) is 58.2 Å². The van der Waals surface area contributed by atoms with Crippen molar-refractivity contribution in [2.45, 2.75) is 12.6 Å². The minimum absolute atomic E-state index is 0.0820. The number of anilines is 1. The zero-order valence-corrected chi connectivity index (χ0v) is 17.0. The number of carbonyl (C=O) groups is 1. The third-order valence-electron chi connectivity index (χ3n) is 5.50. The number of β-amino-alcohol motifs (C(OH)–C–C–N with tert-alkyl or cyclic N) is 1. The monoisotopic (exact) mass is 434 g/mol. The lowest BCUT2D eigenvalue weighted by Crippen LogP contribution is -2.33. The van der Waals surface area contributed by atoms with E-state index < -0.39 is 11.9 Å². The van der Waals surface area contributed by atoms with Gasteiger partial charge < -0.3 is 20.1 Å². The zero-order chi connectivity index (χ0) is 22.2. The first kappa shape index (κ1) is 20.1. The molecule has 4 heterocycles. The molecule has 1 amide bonds. The molecule has 0 radical (unpaired) electrons. The molecule has 2 aliphatic heterocycles. The number of pyridine rings is 1. The normalized spacial score (nSPS) is 18.1. The van der Waals surface area contributed by atoms with E-state index in [-0.39, 0.29) is 35.9 Å². The number of aliphatic hydroxyl groups is 1. The molecule has 0 saturated carbocycles. The van der Waals surface area contributed by atoms with Gasteiger partial charge in [-0.25, -0.2) is 14.1 Å². The summed E-state index contributed by atoms with van der Waals surface area (Å²) >= 11 is 0. The van der Waals surface area contributed by atoms with Crippen LogP contribution < -0.4 is 10.2 Å². The number of fused-ring (bicyclic) bond motifs is 1. The summed E-state index contributed by atoms with van der Waals surface area (Å²) in [5.74, 6) is -0.248. The van der Waals surface area contributed by atoms with Crippen molar-refractivity contribution in [3.05, 3.63) is 59.2 Å². The van der Waals surface area contributed by atoms with Gasteiger partial charge in [0.2, 0.25) is 0 Å². The van der Waals surface area contributed by atoms with Crippen LogP contribution >= 0.6 is 0 Å². The van der Waals surface area contributed by atoms with Gasteiger partial charge in [0, 0.05) is 25.4 Å². The predicted octanol–water partition coefficient (Wildman–Crippen LogP) is 1.39. The van der Waals surface area contributed by atoms with E-state index >= 15 is 0 Å². The highest BCUT2D eigenvalue weighted by molar-refractivity contribution is 6.01. The Morgan fingerprint density at radius 3 is 3.03 bits per heavy atom. The molecule has 0 spiro atoms. The third kappa shape index (κ3) is 3.47. The summed E-state index contributed by atoms with van der Waals surface area (Å²) in [6.07, 6.45) is 1.07. The Hall–Kier alpha value is -3.81. The summed E-state index contributed by atoms with van der Waals surface area (Å²) in [5.41, 5.74) is 1.74. The Morgan fingerprint density at radius 2 is 2.19 bits per heavy atom. The van der Waals surface area contributed by atoms with E-state index in [0.29, 0.717) is 42.5 Å². The first-order chi connectivity index (χ1) is 15.5. The maximum absolute atomic E-state index is 14.7. The minimum Gasteiger partial charge on any atom is -0.389 e. The molecule has 1 atom stereocenters. The van der Waals surface area contributed by atoms with Gasteiger partial charge in [-0.15, -0.1) is 0 Å². The average Bonchev–Trinajstić information content (AvgIpc) is 3.36. The lowest BCUT2D eigenvalue weighted by molar-refractivity contribution is 0.0597. The number of aromatic nitrogens is 3. The van der Waals surface area contributed by atoms with Crippen molar-refractivity contribution >= 4 is 11.7 Å². The highest BCUT2D eigenvalue weighted by Gasteiger charge is 2.28. The summed E-state index contributed by atoms with van der Waals surface area (Å²) in [5, 5.41) is 26.8. The summed E-state index contributed by atoms with van der Waals surface area (Å²) < 4.78 is 21.6. The van der Waals surface area contributed by atoms with Gasteiger partial charge in [0.05, 0.1) is 65.7 Å². The lowest BCUT2D eigenvalue weighted by Gasteiger charge is -2.20. The van der Waals surface area contributed by atoms with E-state index in [2.05, 4.69) is 15.4 Å². The first-order valence-corrected chi connectivity index (χ1v) is 10.1. The quantitative estimate of drug-likeness (QED) is 0.640. The second-order valence-electron chi connectivity index (χ2n) is 7.60. The number of carbonyl (C=O) groups excluding carboxylic acids is 1. The topological polar surface area (TPSA) is 116 Å². The molecular weight excluding hydrogens is 415 g/mol. The van der Waals surface area contributed by atoms with Crippen LogP contribution in [0, 0.1) is 17.1 Å². The van der Waals surface area contributed by atoms with Crippen LogP contribution in [0.1, 0.15) is 21.6 Å². The second-order valence-corrected chi connectivity index (χ2v) is 7.60. The fourth-order valence-electron chi connectivity index (χ4n) is 4.01.